The molecule has 8 heteroatoms. The molecule has 0 radical (unpaired) electrons. The molecule has 2 aromatic rings. The van der Waals surface area contributed by atoms with Crippen molar-refractivity contribution in [3.63, 3.8) is 0 Å². The Hall–Kier alpha value is -1.64. The van der Waals surface area contributed by atoms with Crippen LogP contribution in [0.4, 0.5) is 0 Å². The average molecular weight is 300 g/mol. The molecule has 2 rings (SSSR count). The quantitative estimate of drug-likeness (QED) is 0.820. The fourth-order valence-electron chi connectivity index (χ4n) is 1.82. The van der Waals surface area contributed by atoms with E-state index in [1.807, 2.05) is 0 Å². The molecule has 0 aliphatic rings. The number of sulfonamides is 1. The van der Waals surface area contributed by atoms with Crippen molar-refractivity contribution < 1.29 is 17.9 Å². The molecule has 0 fully saturated rings. The molecular weight excluding hydrogens is 284 g/mol. The monoisotopic (exact) mass is 300 g/mol. The van der Waals surface area contributed by atoms with Crippen molar-refractivity contribution in [3.05, 3.63) is 28.7 Å². The van der Waals surface area contributed by atoms with Gasteiger partial charge in [0.1, 0.15) is 0 Å². The third kappa shape index (κ3) is 2.62. The minimum Gasteiger partial charge on any atom is -0.408 e. The normalized spacial score (nSPS) is 13.8. The number of rotatable bonds is 5. The molecule has 1 atom stereocenters. The Kier molecular flexibility index (Phi) is 3.98. The van der Waals surface area contributed by atoms with Gasteiger partial charge in [0.15, 0.2) is 5.58 Å². The number of aromatic nitrogens is 1. The van der Waals surface area contributed by atoms with E-state index in [9.17, 15) is 13.2 Å². The lowest BCUT2D eigenvalue weighted by Crippen LogP contribution is -2.36. The molecule has 0 spiro atoms. The third-order valence-electron chi connectivity index (χ3n) is 3.11. The number of nitrogens with one attached hydrogen (secondary N) is 1. The minimum atomic E-state index is -3.76. The Morgan fingerprint density at radius 3 is 2.75 bits per heavy atom. The topological polar surface area (TPSA) is 102 Å². The van der Waals surface area contributed by atoms with E-state index in [0.29, 0.717) is 11.9 Å². The van der Waals surface area contributed by atoms with Gasteiger partial charge in [-0.2, -0.15) is 0 Å². The van der Waals surface area contributed by atoms with Crippen LogP contribution >= 0.6 is 0 Å². The molecule has 2 N–H and O–H groups in total. The molecule has 1 aromatic carbocycles. The van der Waals surface area contributed by atoms with E-state index < -0.39 is 21.8 Å². The van der Waals surface area contributed by atoms with Gasteiger partial charge < -0.3 is 9.52 Å². The van der Waals surface area contributed by atoms with E-state index in [1.165, 1.54) is 22.8 Å². The van der Waals surface area contributed by atoms with Crippen LogP contribution in [0.15, 0.2) is 32.3 Å². The van der Waals surface area contributed by atoms with Crippen LogP contribution in [-0.4, -0.2) is 30.7 Å². The van der Waals surface area contributed by atoms with Gasteiger partial charge in [-0.1, -0.05) is 6.92 Å². The first-order valence-electron chi connectivity index (χ1n) is 6.11. The molecule has 7 nitrogen and oxygen atoms in total. The zero-order valence-corrected chi connectivity index (χ0v) is 12.0. The molecule has 0 aliphatic heterocycles. The van der Waals surface area contributed by atoms with Crippen LogP contribution in [0.25, 0.3) is 11.1 Å². The van der Waals surface area contributed by atoms with Crippen molar-refractivity contribution in [1.29, 1.82) is 0 Å². The highest BCUT2D eigenvalue weighted by molar-refractivity contribution is 7.89. The van der Waals surface area contributed by atoms with Crippen molar-refractivity contribution in [1.82, 2.24) is 9.29 Å². The van der Waals surface area contributed by atoms with E-state index in [2.05, 4.69) is 4.72 Å². The highest BCUT2D eigenvalue weighted by Gasteiger charge is 2.20. The zero-order chi connectivity index (χ0) is 14.9. The first-order chi connectivity index (χ1) is 9.39. The van der Waals surface area contributed by atoms with Crippen LogP contribution in [0, 0.1) is 0 Å². The number of oxazole rings is 1. The largest absolute Gasteiger partial charge is 0.419 e. The van der Waals surface area contributed by atoms with Gasteiger partial charge in [-0.15, -0.1) is 0 Å². The summed E-state index contributed by atoms with van der Waals surface area (Å²) in [7, 11) is -2.22. The van der Waals surface area contributed by atoms with Gasteiger partial charge in [0.25, 0.3) is 0 Å². The SMILES string of the molecule is CC[C@H](CO)NS(=O)(=O)c1ccc2c(c1)oc(=O)n2C. The molecule has 0 aliphatic carbocycles. The summed E-state index contributed by atoms with van der Waals surface area (Å²) in [5.41, 5.74) is 0.723. The minimum absolute atomic E-state index is 0.00810. The molecule has 1 aromatic heterocycles. The standard InChI is InChI=1S/C12H16N2O5S/c1-3-8(7-15)13-20(17,18)9-4-5-10-11(6-9)19-12(16)14(10)2/h4-6,8,13,15H,3,7H2,1-2H3/t8-/m1/s1. The van der Waals surface area contributed by atoms with Gasteiger partial charge in [-0.25, -0.2) is 17.9 Å². The third-order valence-corrected chi connectivity index (χ3v) is 4.63. The fraction of sp³-hybridized carbons (Fsp3) is 0.417. The Bertz CT molecular complexity index is 771. The van der Waals surface area contributed by atoms with E-state index in [-0.39, 0.29) is 17.1 Å². The number of aliphatic hydroxyl groups is 1. The molecule has 110 valence electrons. The number of benzene rings is 1. The van der Waals surface area contributed by atoms with Crippen LogP contribution in [0.5, 0.6) is 0 Å². The summed E-state index contributed by atoms with van der Waals surface area (Å²) in [4.78, 5) is 11.4. The highest BCUT2D eigenvalue weighted by atomic mass is 32.2. The van der Waals surface area contributed by atoms with Crippen molar-refractivity contribution >= 4 is 21.1 Å². The Morgan fingerprint density at radius 1 is 1.45 bits per heavy atom. The van der Waals surface area contributed by atoms with Gasteiger partial charge in [0, 0.05) is 19.2 Å². The maximum absolute atomic E-state index is 12.1. The zero-order valence-electron chi connectivity index (χ0n) is 11.2. The van der Waals surface area contributed by atoms with Crippen LogP contribution in [0.2, 0.25) is 0 Å². The fourth-order valence-corrected chi connectivity index (χ4v) is 3.14. The summed E-state index contributed by atoms with van der Waals surface area (Å²) < 4.78 is 32.9. The summed E-state index contributed by atoms with van der Waals surface area (Å²) in [6.07, 6.45) is 0.471. The molecule has 0 bridgehead atoms. The van der Waals surface area contributed by atoms with Crippen LogP contribution < -0.4 is 10.5 Å². The summed E-state index contributed by atoms with van der Waals surface area (Å²) >= 11 is 0. The first kappa shape index (κ1) is 14.8. The maximum atomic E-state index is 12.1. The van der Waals surface area contributed by atoms with Crippen molar-refractivity contribution in [2.75, 3.05) is 6.61 Å². The predicted molar refractivity (Wildman–Crippen MR) is 72.9 cm³/mol. The molecule has 0 saturated heterocycles. The van der Waals surface area contributed by atoms with Crippen molar-refractivity contribution in [3.8, 4) is 0 Å². The molecular formula is C12H16N2O5S. The maximum Gasteiger partial charge on any atom is 0.419 e. The lowest BCUT2D eigenvalue weighted by molar-refractivity contribution is 0.254. The predicted octanol–water partition coefficient (Wildman–Crippen LogP) is 0.181. The van der Waals surface area contributed by atoms with Crippen LogP contribution in [-0.2, 0) is 17.1 Å². The summed E-state index contributed by atoms with van der Waals surface area (Å²) in [5, 5.41) is 9.06. The number of nitrogens with zero attached hydrogens (tertiary/aromatic N) is 1. The van der Waals surface area contributed by atoms with Gasteiger partial charge in [-0.05, 0) is 18.6 Å². The lowest BCUT2D eigenvalue weighted by Gasteiger charge is -2.14. The second kappa shape index (κ2) is 5.39. The Labute approximate surface area is 115 Å². The van der Waals surface area contributed by atoms with E-state index >= 15 is 0 Å². The number of aliphatic hydroxyl groups excluding tert-OH is 1. The van der Waals surface area contributed by atoms with E-state index in [0.717, 1.165) is 0 Å². The number of aryl methyl sites for hydroxylation is 1. The number of fused-ring (bicyclic) bond motifs is 1. The van der Waals surface area contributed by atoms with Crippen molar-refractivity contribution in [2.45, 2.75) is 24.3 Å². The molecule has 1 heterocycles. The Morgan fingerprint density at radius 2 is 2.15 bits per heavy atom. The second-order valence-electron chi connectivity index (χ2n) is 4.47. The smallest absolute Gasteiger partial charge is 0.408 e. The second-order valence-corrected chi connectivity index (χ2v) is 6.18. The summed E-state index contributed by atoms with van der Waals surface area (Å²) in [6, 6.07) is 3.65. The highest BCUT2D eigenvalue weighted by Crippen LogP contribution is 2.18. The number of hydrogen-bond acceptors (Lipinski definition) is 5. The molecule has 0 amide bonds. The molecule has 0 saturated carbocycles. The lowest BCUT2D eigenvalue weighted by atomic mass is 10.3. The first-order valence-corrected chi connectivity index (χ1v) is 7.60. The Balaban J connectivity index is 2.44. The van der Waals surface area contributed by atoms with Crippen LogP contribution in [0.3, 0.4) is 0 Å². The van der Waals surface area contributed by atoms with Gasteiger partial charge >= 0.3 is 5.76 Å². The van der Waals surface area contributed by atoms with Gasteiger partial charge in [0.2, 0.25) is 10.0 Å². The van der Waals surface area contributed by atoms with Gasteiger partial charge in [-0.3, -0.25) is 4.57 Å². The number of hydrogen-bond donors (Lipinski definition) is 2. The summed E-state index contributed by atoms with van der Waals surface area (Å²) in [6.45, 7) is 1.49. The van der Waals surface area contributed by atoms with Gasteiger partial charge in [0.05, 0.1) is 17.0 Å². The summed E-state index contributed by atoms with van der Waals surface area (Å²) in [5.74, 6) is -0.552. The molecule has 20 heavy (non-hydrogen) atoms. The van der Waals surface area contributed by atoms with Crippen molar-refractivity contribution in [2.24, 2.45) is 7.05 Å². The van der Waals surface area contributed by atoms with E-state index in [4.69, 9.17) is 9.52 Å². The molecule has 0 unspecified atom stereocenters. The van der Waals surface area contributed by atoms with Crippen LogP contribution in [0.1, 0.15) is 13.3 Å². The van der Waals surface area contributed by atoms with E-state index in [1.54, 1.807) is 14.0 Å². The average Bonchev–Trinajstić information content (AvgIpc) is 2.71.